The van der Waals surface area contributed by atoms with Gasteiger partial charge >= 0.3 is 0 Å². The zero-order valence-electron chi connectivity index (χ0n) is 17.8. The molecule has 1 aromatic carbocycles. The molecule has 3 nitrogen and oxygen atoms in total. The Morgan fingerprint density at radius 3 is 2.72 bits per heavy atom. The Morgan fingerprint density at radius 1 is 1.00 bits per heavy atom. The number of allylic oxidation sites excluding steroid dienone is 3. The molecule has 6 atom stereocenters. The standard InChI is InChI=1S/C26H33N3/c1-25-13-11-18(27)15-17(25)7-8-19-20-9-10-24(26(20,2)14-12-21(19)25)29-16-28-22-5-3-4-6-23(22)29/h3-7,10,16,18-21H,8-9,11-15,27H2,1-2H3/t18-,19+,20+,21+,25+,26+/m1/s1. The molecule has 29 heavy (non-hydrogen) atoms. The van der Waals surface area contributed by atoms with Gasteiger partial charge in [-0.05, 0) is 80.2 Å². The van der Waals surface area contributed by atoms with Crippen LogP contribution in [0.3, 0.4) is 0 Å². The minimum Gasteiger partial charge on any atom is -0.327 e. The molecule has 2 saturated carbocycles. The summed E-state index contributed by atoms with van der Waals surface area (Å²) in [4.78, 5) is 4.69. The molecule has 0 unspecified atom stereocenters. The van der Waals surface area contributed by atoms with Crippen LogP contribution in [0.1, 0.15) is 58.8 Å². The first-order valence-corrected chi connectivity index (χ1v) is 11.6. The Kier molecular flexibility index (Phi) is 3.76. The zero-order chi connectivity index (χ0) is 19.8. The lowest BCUT2D eigenvalue weighted by Crippen LogP contribution is -2.50. The molecular formula is C26H33N3. The maximum absolute atomic E-state index is 6.34. The second kappa shape index (κ2) is 6.07. The fourth-order valence-corrected chi connectivity index (χ4v) is 7.76. The minimum atomic E-state index is 0.261. The smallest absolute Gasteiger partial charge is 0.100 e. The Bertz CT molecular complexity index is 1030. The summed E-state index contributed by atoms with van der Waals surface area (Å²) < 4.78 is 2.39. The third-order valence-electron chi connectivity index (χ3n) is 9.40. The van der Waals surface area contributed by atoms with Crippen LogP contribution in [0.25, 0.3) is 16.7 Å². The van der Waals surface area contributed by atoms with Gasteiger partial charge in [0.2, 0.25) is 0 Å². The lowest BCUT2D eigenvalue weighted by molar-refractivity contribution is -0.0126. The summed E-state index contributed by atoms with van der Waals surface area (Å²) in [7, 11) is 0. The van der Waals surface area contributed by atoms with Crippen molar-refractivity contribution in [1.82, 2.24) is 9.55 Å². The molecule has 2 fully saturated rings. The molecule has 1 aromatic heterocycles. The van der Waals surface area contributed by atoms with Gasteiger partial charge in [0.05, 0.1) is 11.0 Å². The number of nitrogens with zero attached hydrogens (tertiary/aromatic N) is 2. The third kappa shape index (κ3) is 2.37. The maximum Gasteiger partial charge on any atom is 0.100 e. The van der Waals surface area contributed by atoms with Crippen molar-refractivity contribution >= 4 is 16.7 Å². The average molecular weight is 388 g/mol. The summed E-state index contributed by atoms with van der Waals surface area (Å²) in [6.45, 7) is 5.11. The van der Waals surface area contributed by atoms with Crippen molar-refractivity contribution in [3.63, 3.8) is 0 Å². The molecule has 3 heteroatoms. The van der Waals surface area contributed by atoms with Crippen molar-refractivity contribution in [2.45, 2.75) is 64.8 Å². The van der Waals surface area contributed by atoms with Gasteiger partial charge in [0, 0.05) is 17.2 Å². The predicted octanol–water partition coefficient (Wildman–Crippen LogP) is 5.78. The van der Waals surface area contributed by atoms with Crippen molar-refractivity contribution < 1.29 is 0 Å². The second-order valence-electron chi connectivity index (χ2n) is 10.6. The van der Waals surface area contributed by atoms with E-state index in [1.165, 1.54) is 49.7 Å². The highest BCUT2D eigenvalue weighted by molar-refractivity contribution is 5.80. The summed E-state index contributed by atoms with van der Waals surface area (Å²) in [6.07, 6.45) is 15.9. The van der Waals surface area contributed by atoms with Gasteiger partial charge in [-0.3, -0.25) is 0 Å². The molecular weight excluding hydrogens is 354 g/mol. The quantitative estimate of drug-likeness (QED) is 0.631. The van der Waals surface area contributed by atoms with Gasteiger partial charge in [0.15, 0.2) is 0 Å². The molecule has 0 spiro atoms. The molecule has 0 aliphatic heterocycles. The minimum absolute atomic E-state index is 0.261. The van der Waals surface area contributed by atoms with Gasteiger partial charge in [-0.25, -0.2) is 4.98 Å². The van der Waals surface area contributed by atoms with E-state index in [0.29, 0.717) is 11.5 Å². The van der Waals surface area contributed by atoms with Crippen LogP contribution in [0.2, 0.25) is 0 Å². The average Bonchev–Trinajstić information content (AvgIpc) is 3.29. The molecule has 4 aliphatic carbocycles. The number of imidazole rings is 1. The van der Waals surface area contributed by atoms with Crippen LogP contribution >= 0.6 is 0 Å². The lowest BCUT2D eigenvalue weighted by Gasteiger charge is -2.57. The van der Waals surface area contributed by atoms with Crippen LogP contribution in [0.15, 0.2) is 48.3 Å². The van der Waals surface area contributed by atoms with E-state index < -0.39 is 0 Å². The van der Waals surface area contributed by atoms with Gasteiger partial charge in [-0.1, -0.05) is 43.7 Å². The fourth-order valence-electron chi connectivity index (χ4n) is 7.76. The largest absolute Gasteiger partial charge is 0.327 e. The molecule has 2 aromatic rings. The van der Waals surface area contributed by atoms with Gasteiger partial charge in [0.1, 0.15) is 6.33 Å². The van der Waals surface area contributed by atoms with Crippen LogP contribution in [-0.4, -0.2) is 15.6 Å². The molecule has 152 valence electrons. The Balaban J connectivity index is 1.36. The molecule has 0 amide bonds. The molecule has 4 aliphatic rings. The summed E-state index contributed by atoms with van der Waals surface area (Å²) in [5, 5.41) is 0. The van der Waals surface area contributed by atoms with E-state index >= 15 is 0 Å². The third-order valence-corrected chi connectivity index (χ3v) is 9.40. The lowest BCUT2D eigenvalue weighted by atomic mass is 9.47. The molecule has 2 N–H and O–H groups in total. The molecule has 0 bridgehead atoms. The Morgan fingerprint density at radius 2 is 1.83 bits per heavy atom. The number of benzene rings is 1. The number of hydrogen-bond donors (Lipinski definition) is 1. The Labute approximate surface area is 174 Å². The highest BCUT2D eigenvalue weighted by Crippen LogP contribution is 2.65. The number of aromatic nitrogens is 2. The zero-order valence-corrected chi connectivity index (χ0v) is 17.8. The molecule has 1 heterocycles. The van der Waals surface area contributed by atoms with Crippen LogP contribution < -0.4 is 5.73 Å². The van der Waals surface area contributed by atoms with Crippen LogP contribution in [0.4, 0.5) is 0 Å². The first kappa shape index (κ1) is 17.9. The summed E-state index contributed by atoms with van der Waals surface area (Å²) in [6, 6.07) is 8.94. The van der Waals surface area contributed by atoms with E-state index in [2.05, 4.69) is 66.1 Å². The predicted molar refractivity (Wildman–Crippen MR) is 119 cm³/mol. The Hall–Kier alpha value is -1.87. The topological polar surface area (TPSA) is 43.8 Å². The van der Waals surface area contributed by atoms with Crippen molar-refractivity contribution in [3.8, 4) is 0 Å². The summed E-state index contributed by atoms with van der Waals surface area (Å²) in [5.74, 6) is 2.39. The number of para-hydroxylation sites is 2. The van der Waals surface area contributed by atoms with E-state index in [0.717, 1.165) is 29.7 Å². The van der Waals surface area contributed by atoms with Crippen LogP contribution in [-0.2, 0) is 0 Å². The fraction of sp³-hybridized carbons (Fsp3) is 0.577. The first-order valence-electron chi connectivity index (χ1n) is 11.6. The summed E-state index contributed by atoms with van der Waals surface area (Å²) in [5.41, 5.74) is 12.5. The first-order chi connectivity index (χ1) is 14.0. The van der Waals surface area contributed by atoms with Crippen molar-refractivity contribution in [2.75, 3.05) is 0 Å². The summed E-state index contributed by atoms with van der Waals surface area (Å²) >= 11 is 0. The van der Waals surface area contributed by atoms with E-state index in [1.54, 1.807) is 5.57 Å². The second-order valence-corrected chi connectivity index (χ2v) is 10.6. The van der Waals surface area contributed by atoms with Gasteiger partial charge < -0.3 is 10.3 Å². The van der Waals surface area contributed by atoms with Crippen molar-refractivity contribution in [3.05, 3.63) is 48.3 Å². The van der Waals surface area contributed by atoms with E-state index in [9.17, 15) is 0 Å². The van der Waals surface area contributed by atoms with Crippen molar-refractivity contribution in [2.24, 2.45) is 34.3 Å². The normalized spacial score (nSPS) is 41.3. The van der Waals surface area contributed by atoms with E-state index in [4.69, 9.17) is 5.73 Å². The maximum atomic E-state index is 6.34. The number of fused-ring (bicyclic) bond motifs is 6. The van der Waals surface area contributed by atoms with Gasteiger partial charge in [-0.2, -0.15) is 0 Å². The SMILES string of the molecule is C[C@]12CC[C@@H](N)CC1=CC[C@@H]1[C@@H]2CC[C@]2(C)C(n3cnc4ccccc43)=CC[C@@H]12. The molecule has 6 rings (SSSR count). The number of rotatable bonds is 1. The number of hydrogen-bond acceptors (Lipinski definition) is 2. The highest BCUT2D eigenvalue weighted by Gasteiger charge is 2.57. The van der Waals surface area contributed by atoms with E-state index in [1.807, 2.05) is 0 Å². The van der Waals surface area contributed by atoms with Crippen molar-refractivity contribution in [1.29, 1.82) is 0 Å². The monoisotopic (exact) mass is 387 g/mol. The number of nitrogens with two attached hydrogens (primary N) is 1. The van der Waals surface area contributed by atoms with Crippen LogP contribution in [0.5, 0.6) is 0 Å². The van der Waals surface area contributed by atoms with Crippen LogP contribution in [0, 0.1) is 28.6 Å². The van der Waals surface area contributed by atoms with Gasteiger partial charge in [-0.15, -0.1) is 0 Å². The molecule has 0 saturated heterocycles. The molecule has 0 radical (unpaired) electrons. The highest BCUT2D eigenvalue weighted by atomic mass is 15.1. The van der Waals surface area contributed by atoms with Gasteiger partial charge in [0.25, 0.3) is 0 Å². The van der Waals surface area contributed by atoms with E-state index in [-0.39, 0.29) is 5.41 Å².